The Morgan fingerprint density at radius 3 is 2.32 bits per heavy atom. The highest BCUT2D eigenvalue weighted by Gasteiger charge is 2.48. The smallest absolute Gasteiger partial charge is 0.379 e. The summed E-state index contributed by atoms with van der Waals surface area (Å²) >= 11 is 0. The molecule has 0 saturated carbocycles. The first-order chi connectivity index (χ1) is 8.72. The van der Waals surface area contributed by atoms with Crippen molar-refractivity contribution in [2.24, 2.45) is 0 Å². The van der Waals surface area contributed by atoms with Gasteiger partial charge >= 0.3 is 15.6 Å². The van der Waals surface area contributed by atoms with Crippen molar-refractivity contribution < 1.29 is 30.5 Å². The van der Waals surface area contributed by atoms with Crippen LogP contribution in [0.4, 0.5) is 13.2 Å². The normalized spacial score (nSPS) is 12.2. The molecule has 0 N–H and O–H groups in total. The van der Waals surface area contributed by atoms with Crippen LogP contribution in [-0.4, -0.2) is 20.5 Å². The second kappa shape index (κ2) is 6.07. The van der Waals surface area contributed by atoms with Crippen molar-refractivity contribution in [3.05, 3.63) is 48.2 Å². The Hall–Kier alpha value is -1.54. The Kier molecular flexibility index (Phi) is 4.96. The quantitative estimate of drug-likeness (QED) is 0.460. The SMILES string of the molecule is C=C(COCc1ccccc1)OS(=O)(=O)C(F)(F)F. The van der Waals surface area contributed by atoms with Gasteiger partial charge in [-0.25, -0.2) is 0 Å². The van der Waals surface area contributed by atoms with Crippen LogP contribution >= 0.6 is 0 Å². The van der Waals surface area contributed by atoms with Crippen molar-refractivity contribution in [1.82, 2.24) is 0 Å². The van der Waals surface area contributed by atoms with E-state index in [1.54, 1.807) is 30.3 Å². The van der Waals surface area contributed by atoms with E-state index >= 15 is 0 Å². The van der Waals surface area contributed by atoms with Crippen LogP contribution in [0.3, 0.4) is 0 Å². The maximum atomic E-state index is 12.0. The van der Waals surface area contributed by atoms with Crippen LogP contribution in [0.5, 0.6) is 0 Å². The Labute approximate surface area is 108 Å². The molecule has 0 aliphatic rings. The molecule has 1 rings (SSSR count). The van der Waals surface area contributed by atoms with Crippen molar-refractivity contribution in [2.75, 3.05) is 6.61 Å². The van der Waals surface area contributed by atoms with E-state index in [1.807, 2.05) is 0 Å². The first kappa shape index (κ1) is 15.5. The minimum atomic E-state index is -5.67. The third-order valence-corrected chi connectivity index (χ3v) is 2.91. The maximum absolute atomic E-state index is 12.0. The van der Waals surface area contributed by atoms with Crippen molar-refractivity contribution in [1.29, 1.82) is 0 Å². The number of hydrogen-bond donors (Lipinski definition) is 0. The summed E-state index contributed by atoms with van der Waals surface area (Å²) in [5.41, 5.74) is -4.69. The molecule has 4 nitrogen and oxygen atoms in total. The fraction of sp³-hybridized carbons (Fsp3) is 0.273. The van der Waals surface area contributed by atoms with E-state index in [9.17, 15) is 21.6 Å². The molecule has 1 aromatic carbocycles. The fourth-order valence-electron chi connectivity index (χ4n) is 1.08. The molecule has 0 amide bonds. The molecule has 0 radical (unpaired) electrons. The zero-order chi connectivity index (χ0) is 14.5. The summed E-state index contributed by atoms with van der Waals surface area (Å²) in [7, 11) is -5.67. The van der Waals surface area contributed by atoms with Gasteiger partial charge in [0.1, 0.15) is 12.4 Å². The van der Waals surface area contributed by atoms with E-state index in [1.165, 1.54) is 0 Å². The van der Waals surface area contributed by atoms with E-state index in [4.69, 9.17) is 4.74 Å². The van der Waals surface area contributed by atoms with Gasteiger partial charge in [-0.15, -0.1) is 0 Å². The summed E-state index contributed by atoms with van der Waals surface area (Å²) in [6.07, 6.45) is 0. The van der Waals surface area contributed by atoms with Crippen LogP contribution in [0, 0.1) is 0 Å². The van der Waals surface area contributed by atoms with Gasteiger partial charge in [-0.3, -0.25) is 0 Å². The zero-order valence-electron chi connectivity index (χ0n) is 9.68. The molecule has 0 bridgehead atoms. The average molecular weight is 296 g/mol. The monoisotopic (exact) mass is 296 g/mol. The van der Waals surface area contributed by atoms with Gasteiger partial charge in [0.05, 0.1) is 6.61 Å². The second-order valence-electron chi connectivity index (χ2n) is 3.50. The van der Waals surface area contributed by atoms with Gasteiger partial charge in [0.2, 0.25) is 0 Å². The highest BCUT2D eigenvalue weighted by Crippen LogP contribution is 2.26. The van der Waals surface area contributed by atoms with E-state index in [2.05, 4.69) is 10.8 Å². The van der Waals surface area contributed by atoms with E-state index < -0.39 is 28.0 Å². The third kappa shape index (κ3) is 4.92. The van der Waals surface area contributed by atoms with Crippen molar-refractivity contribution >= 4 is 10.1 Å². The molecule has 8 heteroatoms. The topological polar surface area (TPSA) is 52.6 Å². The van der Waals surface area contributed by atoms with Crippen LogP contribution in [0.2, 0.25) is 0 Å². The molecule has 106 valence electrons. The summed E-state index contributed by atoms with van der Waals surface area (Å²) in [5.74, 6) is -0.631. The van der Waals surface area contributed by atoms with Crippen LogP contribution in [0.25, 0.3) is 0 Å². The van der Waals surface area contributed by atoms with Gasteiger partial charge < -0.3 is 8.92 Å². The molecule has 19 heavy (non-hydrogen) atoms. The summed E-state index contributed by atoms with van der Waals surface area (Å²) in [6.45, 7) is 2.71. The average Bonchev–Trinajstić information content (AvgIpc) is 2.28. The molecule has 0 fully saturated rings. The molecule has 1 aromatic rings. The number of halogens is 3. The van der Waals surface area contributed by atoms with Gasteiger partial charge in [-0.1, -0.05) is 36.9 Å². The first-order valence-corrected chi connectivity index (χ1v) is 6.43. The summed E-state index contributed by atoms with van der Waals surface area (Å²) in [5, 5.41) is 0. The molecule has 0 atom stereocenters. The van der Waals surface area contributed by atoms with Crippen LogP contribution < -0.4 is 0 Å². The highest BCUT2D eigenvalue weighted by molar-refractivity contribution is 7.87. The molecule has 0 unspecified atom stereocenters. The molecular formula is C11H11F3O4S. The van der Waals surface area contributed by atoms with Crippen LogP contribution in [-0.2, 0) is 25.6 Å². The molecule has 0 heterocycles. The molecule has 0 aliphatic heterocycles. The van der Waals surface area contributed by atoms with Gasteiger partial charge in [-0.05, 0) is 5.56 Å². The van der Waals surface area contributed by atoms with Crippen LogP contribution in [0.1, 0.15) is 5.56 Å². The second-order valence-corrected chi connectivity index (χ2v) is 5.04. The number of benzene rings is 1. The predicted octanol–water partition coefficient (Wildman–Crippen LogP) is 2.58. The maximum Gasteiger partial charge on any atom is 0.534 e. The van der Waals surface area contributed by atoms with E-state index in [0.717, 1.165) is 5.56 Å². The van der Waals surface area contributed by atoms with Crippen LogP contribution in [0.15, 0.2) is 42.7 Å². The minimum absolute atomic E-state index is 0.106. The predicted molar refractivity (Wildman–Crippen MR) is 61.3 cm³/mol. The first-order valence-electron chi connectivity index (χ1n) is 5.02. The third-order valence-electron chi connectivity index (χ3n) is 1.89. The van der Waals surface area contributed by atoms with E-state index in [-0.39, 0.29) is 6.61 Å². The molecule has 0 aliphatic carbocycles. The fourth-order valence-corrected chi connectivity index (χ4v) is 1.54. The van der Waals surface area contributed by atoms with Crippen molar-refractivity contribution in [3.8, 4) is 0 Å². The number of rotatable bonds is 6. The summed E-state index contributed by atoms with van der Waals surface area (Å²) in [6, 6.07) is 8.81. The lowest BCUT2D eigenvalue weighted by Gasteiger charge is -2.11. The number of ether oxygens (including phenoxy) is 1. The number of alkyl halides is 3. The Bertz CT molecular complexity index is 523. The molecule has 0 aromatic heterocycles. The Morgan fingerprint density at radius 1 is 1.21 bits per heavy atom. The van der Waals surface area contributed by atoms with Gasteiger partial charge in [0, 0.05) is 0 Å². The lowest BCUT2D eigenvalue weighted by Crippen LogP contribution is -2.25. The van der Waals surface area contributed by atoms with Gasteiger partial charge in [0.15, 0.2) is 0 Å². The summed E-state index contributed by atoms with van der Waals surface area (Å²) < 4.78 is 66.0. The summed E-state index contributed by atoms with van der Waals surface area (Å²) in [4.78, 5) is 0. The lowest BCUT2D eigenvalue weighted by molar-refractivity contribution is -0.0529. The Morgan fingerprint density at radius 2 is 1.79 bits per heavy atom. The van der Waals surface area contributed by atoms with Gasteiger partial charge in [-0.2, -0.15) is 21.6 Å². The van der Waals surface area contributed by atoms with Crippen molar-refractivity contribution in [2.45, 2.75) is 12.1 Å². The standard InChI is InChI=1S/C11H11F3O4S/c1-9(18-19(15,16)11(12,13)14)7-17-8-10-5-3-2-4-6-10/h2-6H,1,7-8H2. The molecule has 0 saturated heterocycles. The molecule has 0 spiro atoms. The highest BCUT2D eigenvalue weighted by atomic mass is 32.2. The largest absolute Gasteiger partial charge is 0.534 e. The minimum Gasteiger partial charge on any atom is -0.379 e. The Balaban J connectivity index is 2.41. The van der Waals surface area contributed by atoms with Crippen molar-refractivity contribution in [3.63, 3.8) is 0 Å². The lowest BCUT2D eigenvalue weighted by atomic mass is 10.2. The molecular weight excluding hydrogens is 285 g/mol. The number of hydrogen-bond acceptors (Lipinski definition) is 4. The zero-order valence-corrected chi connectivity index (χ0v) is 10.5. The van der Waals surface area contributed by atoms with Gasteiger partial charge in [0.25, 0.3) is 0 Å². The van der Waals surface area contributed by atoms with E-state index in [0.29, 0.717) is 0 Å².